The third-order valence-corrected chi connectivity index (χ3v) is 6.67. The summed E-state index contributed by atoms with van der Waals surface area (Å²) < 4.78 is 37.6. The Kier molecular flexibility index (Phi) is 6.83. The molecular formula is C18H27N3O5S. The molecule has 2 aliphatic rings. The third-order valence-electron chi connectivity index (χ3n) is 4.78. The Morgan fingerprint density at radius 1 is 1.30 bits per heavy atom. The lowest BCUT2D eigenvalue weighted by molar-refractivity contribution is -0.117. The topological polar surface area (TPSA) is 97.0 Å². The maximum atomic E-state index is 12.7. The van der Waals surface area contributed by atoms with Crippen LogP contribution in [0.3, 0.4) is 0 Å². The molecule has 0 spiro atoms. The van der Waals surface area contributed by atoms with Crippen molar-refractivity contribution in [1.82, 2.24) is 9.62 Å². The molecular weight excluding hydrogens is 370 g/mol. The summed E-state index contributed by atoms with van der Waals surface area (Å²) in [6, 6.07) is 5.94. The number of rotatable bonds is 7. The van der Waals surface area contributed by atoms with Gasteiger partial charge in [0.25, 0.3) is 0 Å². The number of benzene rings is 1. The van der Waals surface area contributed by atoms with Gasteiger partial charge in [0.15, 0.2) is 0 Å². The van der Waals surface area contributed by atoms with Crippen LogP contribution in [-0.2, 0) is 24.3 Å². The number of carbonyl (C=O) groups excluding carboxylic acids is 1. The summed E-state index contributed by atoms with van der Waals surface area (Å²) in [6.45, 7) is 4.63. The van der Waals surface area contributed by atoms with Crippen LogP contribution in [0.5, 0.6) is 0 Å². The Morgan fingerprint density at radius 3 is 2.78 bits per heavy atom. The number of amides is 1. The molecule has 2 atom stereocenters. The highest BCUT2D eigenvalue weighted by Crippen LogP contribution is 2.20. The third kappa shape index (κ3) is 5.26. The van der Waals surface area contributed by atoms with Crippen LogP contribution in [0.1, 0.15) is 19.8 Å². The molecule has 2 unspecified atom stereocenters. The molecule has 150 valence electrons. The number of morpholine rings is 1. The maximum absolute atomic E-state index is 12.7. The second-order valence-corrected chi connectivity index (χ2v) is 8.74. The van der Waals surface area contributed by atoms with E-state index in [4.69, 9.17) is 9.47 Å². The highest BCUT2D eigenvalue weighted by Gasteiger charge is 2.26. The van der Waals surface area contributed by atoms with Gasteiger partial charge < -0.3 is 20.1 Å². The largest absolute Gasteiger partial charge is 0.379 e. The summed E-state index contributed by atoms with van der Waals surface area (Å²) in [7, 11) is -3.59. The molecule has 2 aliphatic heterocycles. The van der Waals surface area contributed by atoms with Crippen molar-refractivity contribution in [3.63, 3.8) is 0 Å². The average molecular weight is 397 g/mol. The SMILES string of the molecule is CC(NCC1CCCO1)C(=O)Nc1cccc(S(=O)(=O)N2CCOCC2)c1. The van der Waals surface area contributed by atoms with Gasteiger partial charge in [0.05, 0.1) is 30.3 Å². The first-order valence-electron chi connectivity index (χ1n) is 9.30. The predicted molar refractivity (Wildman–Crippen MR) is 101 cm³/mol. The maximum Gasteiger partial charge on any atom is 0.243 e. The normalized spacial score (nSPS) is 22.5. The number of anilines is 1. The Labute approximate surface area is 160 Å². The van der Waals surface area contributed by atoms with Crippen molar-refractivity contribution in [3.05, 3.63) is 24.3 Å². The molecule has 0 bridgehead atoms. The van der Waals surface area contributed by atoms with Gasteiger partial charge in [-0.3, -0.25) is 4.79 Å². The van der Waals surface area contributed by atoms with Gasteiger partial charge in [-0.05, 0) is 38.0 Å². The van der Waals surface area contributed by atoms with E-state index < -0.39 is 16.1 Å². The number of nitrogens with one attached hydrogen (secondary N) is 2. The molecule has 1 aromatic carbocycles. The lowest BCUT2D eigenvalue weighted by Gasteiger charge is -2.26. The van der Waals surface area contributed by atoms with Crippen LogP contribution in [0.25, 0.3) is 0 Å². The van der Waals surface area contributed by atoms with E-state index in [-0.39, 0.29) is 16.9 Å². The highest BCUT2D eigenvalue weighted by molar-refractivity contribution is 7.89. The zero-order chi connectivity index (χ0) is 19.3. The van der Waals surface area contributed by atoms with Crippen molar-refractivity contribution in [2.45, 2.75) is 36.8 Å². The molecule has 8 nitrogen and oxygen atoms in total. The van der Waals surface area contributed by atoms with Crippen molar-refractivity contribution in [2.75, 3.05) is 44.8 Å². The molecule has 2 saturated heterocycles. The number of hydrogen-bond donors (Lipinski definition) is 2. The van der Waals surface area contributed by atoms with Crippen LogP contribution in [0.4, 0.5) is 5.69 Å². The van der Waals surface area contributed by atoms with Crippen LogP contribution >= 0.6 is 0 Å². The van der Waals surface area contributed by atoms with Crippen molar-refractivity contribution in [3.8, 4) is 0 Å². The minimum Gasteiger partial charge on any atom is -0.379 e. The van der Waals surface area contributed by atoms with E-state index in [2.05, 4.69) is 10.6 Å². The average Bonchev–Trinajstić information content (AvgIpc) is 3.20. The first-order chi connectivity index (χ1) is 13.0. The van der Waals surface area contributed by atoms with Crippen LogP contribution < -0.4 is 10.6 Å². The van der Waals surface area contributed by atoms with Gasteiger partial charge in [0.2, 0.25) is 15.9 Å². The van der Waals surface area contributed by atoms with E-state index >= 15 is 0 Å². The second kappa shape index (κ2) is 9.11. The highest BCUT2D eigenvalue weighted by atomic mass is 32.2. The first kappa shape index (κ1) is 20.2. The molecule has 27 heavy (non-hydrogen) atoms. The smallest absolute Gasteiger partial charge is 0.243 e. The van der Waals surface area contributed by atoms with E-state index in [0.717, 1.165) is 19.4 Å². The van der Waals surface area contributed by atoms with E-state index in [9.17, 15) is 13.2 Å². The zero-order valence-electron chi connectivity index (χ0n) is 15.5. The van der Waals surface area contributed by atoms with Crippen LogP contribution in [0.15, 0.2) is 29.2 Å². The fraction of sp³-hybridized carbons (Fsp3) is 0.611. The molecule has 0 aliphatic carbocycles. The van der Waals surface area contributed by atoms with E-state index in [1.807, 2.05) is 0 Å². The van der Waals surface area contributed by atoms with Gasteiger partial charge >= 0.3 is 0 Å². The Balaban J connectivity index is 1.60. The monoisotopic (exact) mass is 397 g/mol. The molecule has 2 heterocycles. The predicted octanol–water partition coefficient (Wildman–Crippen LogP) is 0.803. The molecule has 2 N–H and O–H groups in total. The Hall–Kier alpha value is -1.52. The molecule has 0 radical (unpaired) electrons. The Morgan fingerprint density at radius 2 is 2.07 bits per heavy atom. The fourth-order valence-electron chi connectivity index (χ4n) is 3.13. The number of ether oxygens (including phenoxy) is 2. The van der Waals surface area contributed by atoms with Gasteiger partial charge in [-0.1, -0.05) is 6.07 Å². The summed E-state index contributed by atoms with van der Waals surface area (Å²) in [5.41, 5.74) is 0.458. The summed E-state index contributed by atoms with van der Waals surface area (Å²) in [5.74, 6) is -0.214. The molecule has 3 rings (SSSR count). The molecule has 0 aromatic heterocycles. The van der Waals surface area contributed by atoms with Crippen LogP contribution in [0, 0.1) is 0 Å². The van der Waals surface area contributed by atoms with Crippen molar-refractivity contribution in [1.29, 1.82) is 0 Å². The van der Waals surface area contributed by atoms with E-state index in [0.29, 0.717) is 38.5 Å². The summed E-state index contributed by atoms with van der Waals surface area (Å²) in [5, 5.41) is 5.95. The zero-order valence-corrected chi connectivity index (χ0v) is 16.3. The minimum atomic E-state index is -3.59. The van der Waals surface area contributed by atoms with Crippen LogP contribution in [0.2, 0.25) is 0 Å². The van der Waals surface area contributed by atoms with Gasteiger partial charge in [-0.2, -0.15) is 4.31 Å². The number of carbonyl (C=O) groups is 1. The lowest BCUT2D eigenvalue weighted by Crippen LogP contribution is -2.41. The van der Waals surface area contributed by atoms with Crippen molar-refractivity contribution in [2.24, 2.45) is 0 Å². The van der Waals surface area contributed by atoms with Crippen molar-refractivity contribution < 1.29 is 22.7 Å². The number of hydrogen-bond acceptors (Lipinski definition) is 6. The molecule has 0 saturated carbocycles. The van der Waals surface area contributed by atoms with Gasteiger partial charge in [-0.15, -0.1) is 0 Å². The summed E-state index contributed by atoms with van der Waals surface area (Å²) in [4.78, 5) is 12.6. The van der Waals surface area contributed by atoms with E-state index in [1.54, 1.807) is 25.1 Å². The fourth-order valence-corrected chi connectivity index (χ4v) is 4.58. The first-order valence-corrected chi connectivity index (χ1v) is 10.7. The standard InChI is InChI=1S/C18H27N3O5S/c1-14(19-13-16-5-3-9-26-16)18(22)20-15-4-2-6-17(12-15)27(23,24)21-7-10-25-11-8-21/h2,4,6,12,14,16,19H,3,5,7-11,13H2,1H3,(H,20,22). The molecule has 9 heteroatoms. The van der Waals surface area contributed by atoms with E-state index in [1.165, 1.54) is 10.4 Å². The molecule has 1 amide bonds. The second-order valence-electron chi connectivity index (χ2n) is 6.80. The Bertz CT molecular complexity index is 743. The van der Waals surface area contributed by atoms with Crippen molar-refractivity contribution >= 4 is 21.6 Å². The van der Waals surface area contributed by atoms with Gasteiger partial charge in [-0.25, -0.2) is 8.42 Å². The molecule has 2 fully saturated rings. The van der Waals surface area contributed by atoms with Crippen LogP contribution in [-0.4, -0.2) is 70.2 Å². The van der Waals surface area contributed by atoms with Gasteiger partial charge in [0, 0.05) is 31.9 Å². The lowest BCUT2D eigenvalue weighted by atomic mass is 10.2. The molecule has 1 aromatic rings. The summed E-state index contributed by atoms with van der Waals surface area (Å²) in [6.07, 6.45) is 2.21. The number of sulfonamides is 1. The number of nitrogens with zero attached hydrogens (tertiary/aromatic N) is 1. The van der Waals surface area contributed by atoms with Gasteiger partial charge in [0.1, 0.15) is 0 Å². The minimum absolute atomic E-state index is 0.155. The quantitative estimate of drug-likeness (QED) is 0.707. The summed E-state index contributed by atoms with van der Waals surface area (Å²) >= 11 is 0.